The minimum absolute atomic E-state index is 0.131. The third-order valence-electron chi connectivity index (χ3n) is 7.08. The number of nitrogen functional groups attached to an aromatic ring is 1. The molecule has 5 rings (SSSR count). The summed E-state index contributed by atoms with van der Waals surface area (Å²) < 4.78 is 43.2. The van der Waals surface area contributed by atoms with Crippen molar-refractivity contribution in [1.29, 1.82) is 0 Å². The van der Waals surface area contributed by atoms with Crippen LogP contribution in [-0.2, 0) is 33.8 Å². The molecule has 0 aliphatic carbocycles. The Morgan fingerprint density at radius 1 is 1.16 bits per heavy atom. The quantitative estimate of drug-likeness (QED) is 0.235. The Kier molecular flexibility index (Phi) is 10.2. The average Bonchev–Trinajstić information content (AvgIpc) is 3.30. The number of fused-ring (bicyclic) bond motifs is 1. The molecule has 1 aliphatic rings. The van der Waals surface area contributed by atoms with Gasteiger partial charge in [0.25, 0.3) is 0 Å². The lowest BCUT2D eigenvalue weighted by Crippen LogP contribution is -2.36. The first-order valence-corrected chi connectivity index (χ1v) is 16.1. The maximum absolute atomic E-state index is 11.4. The summed E-state index contributed by atoms with van der Waals surface area (Å²) in [5.41, 5.74) is 8.39. The third kappa shape index (κ3) is 8.62. The largest absolute Gasteiger partial charge is 0.492 e. The number of aromatic nitrogens is 3. The van der Waals surface area contributed by atoms with Crippen LogP contribution in [0.4, 0.5) is 11.4 Å². The molecule has 1 fully saturated rings. The van der Waals surface area contributed by atoms with E-state index in [1.807, 2.05) is 32.9 Å². The van der Waals surface area contributed by atoms with Crippen LogP contribution in [0.25, 0.3) is 10.9 Å². The molecule has 0 amide bonds. The zero-order chi connectivity index (χ0) is 32.9. The second kappa shape index (κ2) is 13.7. The second-order valence-corrected chi connectivity index (χ2v) is 13.4. The van der Waals surface area contributed by atoms with Crippen molar-refractivity contribution in [3.8, 4) is 17.4 Å². The molecule has 45 heavy (non-hydrogen) atoms. The molecule has 242 valence electrons. The Morgan fingerprint density at radius 3 is 2.49 bits per heavy atom. The molecule has 14 heteroatoms. The number of nitrogens with one attached hydrogen (secondary N) is 1. The van der Waals surface area contributed by atoms with Gasteiger partial charge in [-0.2, -0.15) is 4.98 Å². The van der Waals surface area contributed by atoms with Crippen molar-refractivity contribution in [3.05, 3.63) is 65.7 Å². The Bertz CT molecular complexity index is 1780. The first-order chi connectivity index (χ1) is 21.2. The number of rotatable bonds is 8. The number of carbonyl (C=O) groups is 1. The number of sulfonamides is 1. The van der Waals surface area contributed by atoms with Crippen molar-refractivity contribution in [2.24, 2.45) is 7.05 Å². The van der Waals surface area contributed by atoms with Gasteiger partial charge in [-0.25, -0.2) is 18.2 Å². The Hall–Kier alpha value is -4.40. The lowest BCUT2D eigenvalue weighted by Gasteiger charge is -2.25. The lowest BCUT2D eigenvalue weighted by atomic mass is 9.86. The number of benzene rings is 2. The fourth-order valence-corrected chi connectivity index (χ4v) is 5.39. The highest BCUT2D eigenvalue weighted by Gasteiger charge is 2.20. The van der Waals surface area contributed by atoms with E-state index in [2.05, 4.69) is 19.6 Å². The zero-order valence-electron chi connectivity index (χ0n) is 26.3. The minimum Gasteiger partial charge on any atom is -0.492 e. The van der Waals surface area contributed by atoms with Gasteiger partial charge in [-0.05, 0) is 35.2 Å². The molecular weight excluding hydrogens is 600 g/mol. The maximum Gasteiger partial charge on any atom is 0.352 e. The first kappa shape index (κ1) is 33.5. The number of aryl methyl sites for hydroxylation is 1. The third-order valence-corrected chi connectivity index (χ3v) is 7.68. The van der Waals surface area contributed by atoms with Gasteiger partial charge in [-0.15, -0.1) is 0 Å². The highest BCUT2D eigenvalue weighted by Crippen LogP contribution is 2.37. The second-order valence-electron chi connectivity index (χ2n) is 11.7. The van der Waals surface area contributed by atoms with Crippen LogP contribution in [0.5, 0.6) is 17.4 Å². The van der Waals surface area contributed by atoms with E-state index in [4.69, 9.17) is 19.9 Å². The van der Waals surface area contributed by atoms with Crippen LogP contribution in [0.2, 0.25) is 0 Å². The fraction of sp³-hybridized carbons (Fsp3) is 0.387. The number of aromatic carboxylic acids is 1. The van der Waals surface area contributed by atoms with E-state index in [0.717, 1.165) is 43.5 Å². The number of ether oxygens (including phenoxy) is 3. The molecule has 0 spiro atoms. The highest BCUT2D eigenvalue weighted by atomic mass is 32.2. The van der Waals surface area contributed by atoms with Gasteiger partial charge < -0.3 is 29.6 Å². The van der Waals surface area contributed by atoms with E-state index in [0.29, 0.717) is 46.6 Å². The van der Waals surface area contributed by atoms with E-state index in [9.17, 15) is 18.3 Å². The van der Waals surface area contributed by atoms with Gasteiger partial charge in [0.1, 0.15) is 11.5 Å². The summed E-state index contributed by atoms with van der Waals surface area (Å²) in [6.07, 6.45) is 2.76. The van der Waals surface area contributed by atoms with Gasteiger partial charge in [0, 0.05) is 37.8 Å². The van der Waals surface area contributed by atoms with Crippen molar-refractivity contribution in [1.82, 2.24) is 19.4 Å². The SMILES string of the molecule is COc1c(N)cc(C(C)(C)C)cc1NS(C)(=O)=O.Cn1c(C(=O)O)cc2cccc(Oc3ccnc(CN4CCOCC4)n3)c21. The molecule has 2 aromatic heterocycles. The normalized spacial score (nSPS) is 14.0. The number of hydrogen-bond acceptors (Lipinski definition) is 10. The highest BCUT2D eigenvalue weighted by molar-refractivity contribution is 7.92. The van der Waals surface area contributed by atoms with Gasteiger partial charge in [0.05, 0.1) is 50.0 Å². The van der Waals surface area contributed by atoms with E-state index in [-0.39, 0.29) is 11.1 Å². The van der Waals surface area contributed by atoms with Crippen LogP contribution >= 0.6 is 0 Å². The maximum atomic E-state index is 11.4. The van der Waals surface area contributed by atoms with Crippen molar-refractivity contribution in [3.63, 3.8) is 0 Å². The number of nitrogens with two attached hydrogens (primary N) is 1. The Labute approximate surface area is 263 Å². The summed E-state index contributed by atoms with van der Waals surface area (Å²) in [7, 11) is -0.209. The summed E-state index contributed by atoms with van der Waals surface area (Å²) in [5.74, 6) is 1.03. The zero-order valence-corrected chi connectivity index (χ0v) is 27.1. The standard InChI is InChI=1S/C19H20N4O4.C12H20N2O3S/c1-22-14(19(24)25)11-13-3-2-4-15(18(13)22)27-17-5-6-20-16(21-17)12-23-7-9-26-10-8-23;1-12(2,3)8-6-9(13)11(17-4)10(7-8)14-18(5,15)16/h2-6,11H,7-10,12H2,1H3,(H,24,25);6-7,14H,13H2,1-5H3. The molecule has 0 unspecified atom stereocenters. The lowest BCUT2D eigenvalue weighted by molar-refractivity contribution is 0.0330. The molecule has 13 nitrogen and oxygen atoms in total. The number of methoxy groups -OCH3 is 1. The van der Waals surface area contributed by atoms with Crippen LogP contribution in [0, 0.1) is 0 Å². The summed E-state index contributed by atoms with van der Waals surface area (Å²) >= 11 is 0. The molecule has 4 aromatic rings. The van der Waals surface area contributed by atoms with Gasteiger partial charge >= 0.3 is 5.97 Å². The van der Waals surface area contributed by atoms with E-state index < -0.39 is 16.0 Å². The minimum atomic E-state index is -3.37. The van der Waals surface area contributed by atoms with Gasteiger partial charge in [0.15, 0.2) is 11.5 Å². The van der Waals surface area contributed by atoms with Crippen LogP contribution < -0.4 is 19.9 Å². The molecule has 1 aliphatic heterocycles. The number of carboxylic acids is 1. The van der Waals surface area contributed by atoms with Crippen molar-refractivity contribution in [2.75, 3.05) is 50.1 Å². The van der Waals surface area contributed by atoms with Crippen LogP contribution in [0.3, 0.4) is 0 Å². The van der Waals surface area contributed by atoms with Crippen LogP contribution in [0.15, 0.2) is 48.7 Å². The van der Waals surface area contributed by atoms with Crippen LogP contribution in [-0.4, -0.2) is 78.6 Å². The molecule has 1 saturated heterocycles. The van der Waals surface area contributed by atoms with Crippen molar-refractivity contribution >= 4 is 38.3 Å². The summed E-state index contributed by atoms with van der Waals surface area (Å²) in [6.45, 7) is 9.87. The van der Waals surface area contributed by atoms with Gasteiger partial charge in [-0.3, -0.25) is 9.62 Å². The number of hydrogen-bond donors (Lipinski definition) is 3. The van der Waals surface area contributed by atoms with Gasteiger partial charge in [-0.1, -0.05) is 32.9 Å². The molecule has 3 heterocycles. The number of anilines is 2. The van der Waals surface area contributed by atoms with Crippen LogP contribution in [0.1, 0.15) is 42.6 Å². The van der Waals surface area contributed by atoms with Crippen molar-refractivity contribution in [2.45, 2.75) is 32.7 Å². The molecule has 0 radical (unpaired) electrons. The predicted octanol–water partition coefficient (Wildman–Crippen LogP) is 4.24. The van der Waals surface area contributed by atoms with E-state index >= 15 is 0 Å². The number of para-hydroxylation sites is 1. The summed E-state index contributed by atoms with van der Waals surface area (Å²) in [6, 6.07) is 12.4. The van der Waals surface area contributed by atoms with E-state index in [1.54, 1.807) is 48.1 Å². The molecule has 0 saturated carbocycles. The smallest absolute Gasteiger partial charge is 0.352 e. The predicted molar refractivity (Wildman–Crippen MR) is 173 cm³/mol. The van der Waals surface area contributed by atoms with E-state index in [1.165, 1.54) is 7.11 Å². The summed E-state index contributed by atoms with van der Waals surface area (Å²) in [4.78, 5) is 22.5. The molecule has 0 bridgehead atoms. The number of morpholine rings is 1. The number of carboxylic acid groups (broad SMARTS) is 1. The topological polar surface area (TPSA) is 171 Å². The fourth-order valence-electron chi connectivity index (χ4n) is 4.84. The molecule has 2 aromatic carbocycles. The summed E-state index contributed by atoms with van der Waals surface area (Å²) in [5, 5.41) is 10.1. The molecule has 4 N–H and O–H groups in total. The molecule has 0 atom stereocenters. The number of nitrogens with zero attached hydrogens (tertiary/aromatic N) is 4. The first-order valence-electron chi connectivity index (χ1n) is 14.2. The Balaban J connectivity index is 0.000000224. The van der Waals surface area contributed by atoms with Crippen molar-refractivity contribution < 1.29 is 32.5 Å². The van der Waals surface area contributed by atoms with Gasteiger partial charge in [0.2, 0.25) is 15.9 Å². The monoisotopic (exact) mass is 640 g/mol. The molecular formula is C31H40N6O7S. The Morgan fingerprint density at radius 2 is 1.87 bits per heavy atom. The average molecular weight is 641 g/mol.